The first-order valence-corrected chi connectivity index (χ1v) is 8.35. The minimum absolute atomic E-state index is 0.615. The monoisotopic (exact) mass is 297 g/mol. The standard InChI is InChI=1S/C18H23N3O/c1-2-16(17-5-8-19-20-17)13-21(9-1)10-6-14-3-4-18-15(12-14)7-11-22-18/h3-5,8,12,16H,1-2,6-7,9-11,13H2,(H,19,20)/t16-/m1/s1. The summed E-state index contributed by atoms with van der Waals surface area (Å²) in [6.07, 6.45) is 6.61. The second kappa shape index (κ2) is 6.13. The van der Waals surface area contributed by atoms with Crippen LogP contribution in [0.4, 0.5) is 0 Å². The SMILES string of the molecule is c1cc([C@@H]2CCCN(CCc3ccc4c(c3)CCO4)C2)[nH]n1. The van der Waals surface area contributed by atoms with Crippen molar-refractivity contribution in [3.63, 3.8) is 0 Å². The first kappa shape index (κ1) is 13.8. The Morgan fingerprint density at radius 2 is 2.32 bits per heavy atom. The molecule has 1 saturated heterocycles. The number of hydrogen-bond donors (Lipinski definition) is 1. The van der Waals surface area contributed by atoms with E-state index in [0.29, 0.717) is 5.92 Å². The van der Waals surface area contributed by atoms with Gasteiger partial charge in [-0.2, -0.15) is 5.10 Å². The first-order valence-electron chi connectivity index (χ1n) is 8.35. The molecule has 0 saturated carbocycles. The molecule has 4 nitrogen and oxygen atoms in total. The molecule has 0 bridgehead atoms. The molecule has 0 aliphatic carbocycles. The molecule has 0 amide bonds. The maximum atomic E-state index is 5.58. The lowest BCUT2D eigenvalue weighted by atomic mass is 9.94. The molecule has 1 aromatic carbocycles. The highest BCUT2D eigenvalue weighted by Gasteiger charge is 2.22. The van der Waals surface area contributed by atoms with Gasteiger partial charge in [-0.3, -0.25) is 5.10 Å². The van der Waals surface area contributed by atoms with Crippen LogP contribution in [0.15, 0.2) is 30.5 Å². The summed E-state index contributed by atoms with van der Waals surface area (Å²) < 4.78 is 5.58. The number of H-pyrrole nitrogens is 1. The number of nitrogens with one attached hydrogen (secondary N) is 1. The molecule has 1 fully saturated rings. The summed E-state index contributed by atoms with van der Waals surface area (Å²) in [6.45, 7) is 4.36. The maximum Gasteiger partial charge on any atom is 0.122 e. The van der Waals surface area contributed by atoms with Crippen LogP contribution in [0, 0.1) is 0 Å². The van der Waals surface area contributed by atoms with Crippen LogP contribution in [-0.4, -0.2) is 41.3 Å². The van der Waals surface area contributed by atoms with Crippen LogP contribution in [0.3, 0.4) is 0 Å². The number of nitrogens with zero attached hydrogens (tertiary/aromatic N) is 2. The lowest BCUT2D eigenvalue weighted by molar-refractivity contribution is 0.208. The van der Waals surface area contributed by atoms with Gasteiger partial charge in [0.1, 0.15) is 5.75 Å². The largest absolute Gasteiger partial charge is 0.493 e. The van der Waals surface area contributed by atoms with Gasteiger partial charge in [-0.15, -0.1) is 0 Å². The van der Waals surface area contributed by atoms with Gasteiger partial charge >= 0.3 is 0 Å². The van der Waals surface area contributed by atoms with Gasteiger partial charge in [0.25, 0.3) is 0 Å². The Labute approximate surface area is 131 Å². The molecular formula is C18H23N3O. The van der Waals surface area contributed by atoms with Crippen LogP contribution in [-0.2, 0) is 12.8 Å². The molecule has 1 atom stereocenters. The molecule has 116 valence electrons. The highest BCUT2D eigenvalue weighted by atomic mass is 16.5. The Balaban J connectivity index is 1.35. The topological polar surface area (TPSA) is 41.1 Å². The molecule has 22 heavy (non-hydrogen) atoms. The quantitative estimate of drug-likeness (QED) is 0.943. The van der Waals surface area contributed by atoms with Crippen molar-refractivity contribution in [2.45, 2.75) is 31.6 Å². The molecular weight excluding hydrogens is 274 g/mol. The molecule has 1 aromatic heterocycles. The van der Waals surface area contributed by atoms with Crippen LogP contribution < -0.4 is 4.74 Å². The van der Waals surface area contributed by atoms with Crippen LogP contribution in [0.2, 0.25) is 0 Å². The number of likely N-dealkylation sites (tertiary alicyclic amines) is 1. The third-order valence-electron chi connectivity index (χ3n) is 4.94. The lowest BCUT2D eigenvalue weighted by Gasteiger charge is -2.32. The average Bonchev–Trinajstić information content (AvgIpc) is 3.24. The van der Waals surface area contributed by atoms with E-state index in [-0.39, 0.29) is 0 Å². The number of aromatic nitrogens is 2. The van der Waals surface area contributed by atoms with E-state index in [9.17, 15) is 0 Å². The zero-order valence-corrected chi connectivity index (χ0v) is 12.9. The zero-order valence-electron chi connectivity index (χ0n) is 12.9. The van der Waals surface area contributed by atoms with Gasteiger partial charge in [0.05, 0.1) is 6.61 Å². The molecule has 1 N–H and O–H groups in total. The number of aromatic amines is 1. The van der Waals surface area contributed by atoms with E-state index in [4.69, 9.17) is 4.74 Å². The number of rotatable bonds is 4. The number of fused-ring (bicyclic) bond motifs is 1. The summed E-state index contributed by atoms with van der Waals surface area (Å²) in [6, 6.07) is 8.81. The van der Waals surface area contributed by atoms with Crippen molar-refractivity contribution in [1.29, 1.82) is 0 Å². The highest BCUT2D eigenvalue weighted by molar-refractivity contribution is 5.39. The Hall–Kier alpha value is -1.81. The number of ether oxygens (including phenoxy) is 1. The normalized spacial score (nSPS) is 21.5. The van der Waals surface area contributed by atoms with E-state index < -0.39 is 0 Å². The second-order valence-electron chi connectivity index (χ2n) is 6.44. The van der Waals surface area contributed by atoms with Crippen LogP contribution in [0.1, 0.15) is 35.6 Å². The van der Waals surface area contributed by atoms with E-state index in [0.717, 1.165) is 38.3 Å². The van der Waals surface area contributed by atoms with E-state index in [1.54, 1.807) is 0 Å². The van der Waals surface area contributed by atoms with Gasteiger partial charge in [-0.05, 0) is 49.1 Å². The number of benzene rings is 1. The molecule has 2 aliphatic heterocycles. The van der Waals surface area contributed by atoms with Crippen molar-refractivity contribution in [2.24, 2.45) is 0 Å². The Morgan fingerprint density at radius 3 is 3.23 bits per heavy atom. The molecule has 0 radical (unpaired) electrons. The predicted molar refractivity (Wildman–Crippen MR) is 86.3 cm³/mol. The first-order chi connectivity index (χ1) is 10.9. The second-order valence-corrected chi connectivity index (χ2v) is 6.44. The summed E-state index contributed by atoms with van der Waals surface area (Å²) in [5.41, 5.74) is 4.11. The van der Waals surface area contributed by atoms with Crippen LogP contribution >= 0.6 is 0 Å². The molecule has 2 aliphatic rings. The van der Waals surface area contributed by atoms with Crippen molar-refractivity contribution >= 4 is 0 Å². The minimum atomic E-state index is 0.615. The fourth-order valence-corrected chi connectivity index (χ4v) is 3.69. The lowest BCUT2D eigenvalue weighted by Crippen LogP contribution is -2.35. The fraction of sp³-hybridized carbons (Fsp3) is 0.500. The summed E-state index contributed by atoms with van der Waals surface area (Å²) in [4.78, 5) is 2.60. The third-order valence-corrected chi connectivity index (χ3v) is 4.94. The van der Waals surface area contributed by atoms with Crippen molar-refractivity contribution in [3.05, 3.63) is 47.3 Å². The third kappa shape index (κ3) is 2.88. The van der Waals surface area contributed by atoms with Crippen molar-refractivity contribution in [2.75, 3.05) is 26.2 Å². The van der Waals surface area contributed by atoms with Crippen molar-refractivity contribution in [3.8, 4) is 5.75 Å². The van der Waals surface area contributed by atoms with E-state index in [1.165, 1.54) is 36.2 Å². The summed E-state index contributed by atoms with van der Waals surface area (Å²) in [5, 5.41) is 7.23. The Morgan fingerprint density at radius 1 is 1.32 bits per heavy atom. The fourth-order valence-electron chi connectivity index (χ4n) is 3.69. The number of piperidine rings is 1. The van der Waals surface area contributed by atoms with Crippen molar-refractivity contribution in [1.82, 2.24) is 15.1 Å². The Bertz CT molecular complexity index is 623. The maximum absolute atomic E-state index is 5.58. The van der Waals surface area contributed by atoms with Gasteiger partial charge in [0, 0.05) is 37.3 Å². The zero-order chi connectivity index (χ0) is 14.8. The average molecular weight is 297 g/mol. The molecule has 0 spiro atoms. The highest BCUT2D eigenvalue weighted by Crippen LogP contribution is 2.27. The van der Waals surface area contributed by atoms with E-state index in [2.05, 4.69) is 39.4 Å². The number of hydrogen-bond acceptors (Lipinski definition) is 3. The smallest absolute Gasteiger partial charge is 0.122 e. The Kier molecular flexibility index (Phi) is 3.85. The minimum Gasteiger partial charge on any atom is -0.493 e. The van der Waals surface area contributed by atoms with Gasteiger partial charge < -0.3 is 9.64 Å². The van der Waals surface area contributed by atoms with Crippen LogP contribution in [0.25, 0.3) is 0 Å². The molecule has 2 aromatic rings. The molecule has 4 heteroatoms. The van der Waals surface area contributed by atoms with Gasteiger partial charge in [0.15, 0.2) is 0 Å². The van der Waals surface area contributed by atoms with E-state index in [1.807, 2.05) is 6.20 Å². The van der Waals surface area contributed by atoms with Crippen molar-refractivity contribution < 1.29 is 4.74 Å². The summed E-state index contributed by atoms with van der Waals surface area (Å²) in [7, 11) is 0. The summed E-state index contributed by atoms with van der Waals surface area (Å²) in [5.74, 6) is 1.70. The van der Waals surface area contributed by atoms with Gasteiger partial charge in [-0.1, -0.05) is 12.1 Å². The van der Waals surface area contributed by atoms with E-state index >= 15 is 0 Å². The van der Waals surface area contributed by atoms with Crippen LogP contribution in [0.5, 0.6) is 5.75 Å². The predicted octanol–water partition coefficient (Wildman–Crippen LogP) is 2.77. The molecule has 4 rings (SSSR count). The molecule has 0 unspecified atom stereocenters. The molecule has 3 heterocycles. The van der Waals surface area contributed by atoms with Gasteiger partial charge in [-0.25, -0.2) is 0 Å². The summed E-state index contributed by atoms with van der Waals surface area (Å²) >= 11 is 0. The van der Waals surface area contributed by atoms with Gasteiger partial charge in [0.2, 0.25) is 0 Å².